The van der Waals surface area contributed by atoms with Crippen LogP contribution in [-0.4, -0.2) is 29.0 Å². The Labute approximate surface area is 136 Å². The second-order valence-corrected chi connectivity index (χ2v) is 6.08. The molecule has 2 aromatic rings. The monoisotopic (exact) mass is 310 g/mol. The van der Waals surface area contributed by atoms with Crippen LogP contribution in [0.25, 0.3) is 0 Å². The maximum atomic E-state index is 12.3. The van der Waals surface area contributed by atoms with Crippen LogP contribution in [0.15, 0.2) is 30.6 Å². The highest BCUT2D eigenvalue weighted by Gasteiger charge is 2.14. The van der Waals surface area contributed by atoms with Crippen molar-refractivity contribution in [3.8, 4) is 0 Å². The van der Waals surface area contributed by atoms with Crippen molar-refractivity contribution in [2.24, 2.45) is 0 Å². The van der Waals surface area contributed by atoms with Crippen molar-refractivity contribution in [2.45, 2.75) is 33.1 Å². The van der Waals surface area contributed by atoms with Gasteiger partial charge in [-0.3, -0.25) is 4.79 Å². The SMILES string of the molecule is Cc1ccc(NC(=O)c2cnc(N3CCCCC3)cn2)c(C)c1. The third-order valence-electron chi connectivity index (χ3n) is 4.18. The van der Waals surface area contributed by atoms with E-state index in [9.17, 15) is 4.79 Å². The summed E-state index contributed by atoms with van der Waals surface area (Å²) < 4.78 is 0. The topological polar surface area (TPSA) is 58.1 Å². The van der Waals surface area contributed by atoms with Gasteiger partial charge in [-0.15, -0.1) is 0 Å². The van der Waals surface area contributed by atoms with Gasteiger partial charge in [0.05, 0.1) is 12.4 Å². The van der Waals surface area contributed by atoms with Crippen LogP contribution in [0.1, 0.15) is 40.9 Å². The molecule has 0 atom stereocenters. The summed E-state index contributed by atoms with van der Waals surface area (Å²) in [6, 6.07) is 5.94. The van der Waals surface area contributed by atoms with Crippen molar-refractivity contribution >= 4 is 17.4 Å². The average molecular weight is 310 g/mol. The zero-order chi connectivity index (χ0) is 16.2. The lowest BCUT2D eigenvalue weighted by atomic mass is 10.1. The first-order valence-electron chi connectivity index (χ1n) is 8.09. The molecule has 0 radical (unpaired) electrons. The van der Waals surface area contributed by atoms with E-state index in [-0.39, 0.29) is 5.91 Å². The van der Waals surface area contributed by atoms with Gasteiger partial charge in [0.2, 0.25) is 0 Å². The predicted molar refractivity (Wildman–Crippen MR) is 92.0 cm³/mol. The Bertz CT molecular complexity index is 691. The number of carbonyl (C=O) groups is 1. The average Bonchev–Trinajstić information content (AvgIpc) is 2.58. The van der Waals surface area contributed by atoms with Crippen molar-refractivity contribution in [3.05, 3.63) is 47.4 Å². The number of benzene rings is 1. The van der Waals surface area contributed by atoms with Gasteiger partial charge in [-0.1, -0.05) is 17.7 Å². The molecule has 1 amide bonds. The number of aryl methyl sites for hydroxylation is 2. The van der Waals surface area contributed by atoms with Crippen LogP contribution >= 0.6 is 0 Å². The number of rotatable bonds is 3. The smallest absolute Gasteiger partial charge is 0.275 e. The normalized spacial score (nSPS) is 14.6. The fourth-order valence-electron chi connectivity index (χ4n) is 2.86. The summed E-state index contributed by atoms with van der Waals surface area (Å²) in [7, 11) is 0. The van der Waals surface area contributed by atoms with Gasteiger partial charge in [0, 0.05) is 18.8 Å². The molecule has 0 unspecified atom stereocenters. The van der Waals surface area contributed by atoms with Gasteiger partial charge in [0.15, 0.2) is 0 Å². The van der Waals surface area contributed by atoms with Crippen LogP contribution in [0.2, 0.25) is 0 Å². The molecule has 1 aromatic carbocycles. The molecule has 1 aromatic heterocycles. The van der Waals surface area contributed by atoms with E-state index in [0.717, 1.165) is 30.2 Å². The number of aromatic nitrogens is 2. The lowest BCUT2D eigenvalue weighted by molar-refractivity contribution is 0.102. The second kappa shape index (κ2) is 6.77. The number of nitrogens with one attached hydrogen (secondary N) is 1. The molecule has 5 heteroatoms. The molecular formula is C18H22N4O. The highest BCUT2D eigenvalue weighted by Crippen LogP contribution is 2.18. The van der Waals surface area contributed by atoms with Crippen LogP contribution in [-0.2, 0) is 0 Å². The quantitative estimate of drug-likeness (QED) is 0.944. The van der Waals surface area contributed by atoms with E-state index >= 15 is 0 Å². The largest absolute Gasteiger partial charge is 0.355 e. The maximum Gasteiger partial charge on any atom is 0.275 e. The molecule has 0 spiro atoms. The summed E-state index contributed by atoms with van der Waals surface area (Å²) in [6.45, 7) is 6.04. The minimum atomic E-state index is -0.227. The Morgan fingerprint density at radius 2 is 1.87 bits per heavy atom. The standard InChI is InChI=1S/C18H22N4O/c1-13-6-7-15(14(2)10-13)21-18(23)16-11-20-17(12-19-16)22-8-4-3-5-9-22/h6-7,10-12H,3-5,8-9H2,1-2H3,(H,21,23). The molecule has 3 rings (SSSR count). The van der Waals surface area contributed by atoms with Crippen molar-refractivity contribution in [1.82, 2.24) is 9.97 Å². The van der Waals surface area contributed by atoms with Gasteiger partial charge in [-0.05, 0) is 44.7 Å². The summed E-state index contributed by atoms with van der Waals surface area (Å²) in [6.07, 6.45) is 6.92. The molecule has 0 aliphatic carbocycles. The Hall–Kier alpha value is -2.43. The van der Waals surface area contributed by atoms with Gasteiger partial charge < -0.3 is 10.2 Å². The lowest BCUT2D eigenvalue weighted by Gasteiger charge is -2.27. The molecule has 0 saturated carbocycles. The van der Waals surface area contributed by atoms with Crippen LogP contribution in [0.3, 0.4) is 0 Å². The number of hydrogen-bond acceptors (Lipinski definition) is 4. The van der Waals surface area contributed by atoms with Crippen LogP contribution in [0.4, 0.5) is 11.5 Å². The molecule has 120 valence electrons. The van der Waals surface area contributed by atoms with Crippen LogP contribution in [0, 0.1) is 13.8 Å². The number of piperidine rings is 1. The first-order chi connectivity index (χ1) is 11.1. The third-order valence-corrected chi connectivity index (χ3v) is 4.18. The number of carbonyl (C=O) groups excluding carboxylic acids is 1. The zero-order valence-corrected chi connectivity index (χ0v) is 13.7. The summed E-state index contributed by atoms with van der Waals surface area (Å²) >= 11 is 0. The molecule has 0 bridgehead atoms. The Morgan fingerprint density at radius 1 is 1.09 bits per heavy atom. The molecule has 1 N–H and O–H groups in total. The molecule has 23 heavy (non-hydrogen) atoms. The number of amides is 1. The summed E-state index contributed by atoms with van der Waals surface area (Å²) in [5, 5.41) is 2.90. The van der Waals surface area contributed by atoms with Crippen molar-refractivity contribution in [2.75, 3.05) is 23.3 Å². The van der Waals surface area contributed by atoms with E-state index in [4.69, 9.17) is 0 Å². The summed E-state index contributed by atoms with van der Waals surface area (Å²) in [5.41, 5.74) is 3.36. The molecule has 1 aliphatic heterocycles. The zero-order valence-electron chi connectivity index (χ0n) is 13.7. The number of nitrogens with zero attached hydrogens (tertiary/aromatic N) is 3. The van der Waals surface area contributed by atoms with E-state index in [2.05, 4.69) is 20.2 Å². The first-order valence-corrected chi connectivity index (χ1v) is 8.09. The molecule has 1 aliphatic rings. The van der Waals surface area contributed by atoms with Crippen molar-refractivity contribution in [3.63, 3.8) is 0 Å². The highest BCUT2D eigenvalue weighted by molar-refractivity contribution is 6.03. The fraction of sp³-hybridized carbons (Fsp3) is 0.389. The molecule has 2 heterocycles. The highest BCUT2D eigenvalue weighted by atomic mass is 16.1. The minimum absolute atomic E-state index is 0.227. The van der Waals surface area contributed by atoms with Crippen LogP contribution in [0.5, 0.6) is 0 Å². The Morgan fingerprint density at radius 3 is 2.52 bits per heavy atom. The van der Waals surface area contributed by atoms with Crippen molar-refractivity contribution < 1.29 is 4.79 Å². The van der Waals surface area contributed by atoms with E-state index in [0.29, 0.717) is 5.69 Å². The Balaban J connectivity index is 1.69. The number of hydrogen-bond donors (Lipinski definition) is 1. The lowest BCUT2D eigenvalue weighted by Crippen LogP contribution is -2.30. The number of anilines is 2. The summed E-state index contributed by atoms with van der Waals surface area (Å²) in [4.78, 5) is 23.2. The van der Waals surface area contributed by atoms with Crippen LogP contribution < -0.4 is 10.2 Å². The summed E-state index contributed by atoms with van der Waals surface area (Å²) in [5.74, 6) is 0.627. The van der Waals surface area contributed by atoms with Crippen molar-refractivity contribution in [1.29, 1.82) is 0 Å². The van der Waals surface area contributed by atoms with E-state index in [1.807, 2.05) is 32.0 Å². The first kappa shape index (κ1) is 15.5. The third kappa shape index (κ3) is 3.67. The van der Waals surface area contributed by atoms with E-state index in [1.165, 1.54) is 24.8 Å². The minimum Gasteiger partial charge on any atom is -0.355 e. The van der Waals surface area contributed by atoms with Gasteiger partial charge in [0.25, 0.3) is 5.91 Å². The Kier molecular flexibility index (Phi) is 4.55. The van der Waals surface area contributed by atoms with Gasteiger partial charge in [0.1, 0.15) is 11.5 Å². The fourth-order valence-corrected chi connectivity index (χ4v) is 2.86. The molecular weight excluding hydrogens is 288 g/mol. The molecule has 1 fully saturated rings. The van der Waals surface area contributed by atoms with Gasteiger partial charge >= 0.3 is 0 Å². The van der Waals surface area contributed by atoms with Gasteiger partial charge in [-0.25, -0.2) is 9.97 Å². The predicted octanol–water partition coefficient (Wildman–Crippen LogP) is 3.34. The second-order valence-electron chi connectivity index (χ2n) is 6.08. The molecule has 1 saturated heterocycles. The van der Waals surface area contributed by atoms with E-state index < -0.39 is 0 Å². The van der Waals surface area contributed by atoms with E-state index in [1.54, 1.807) is 12.4 Å². The van der Waals surface area contributed by atoms with Gasteiger partial charge in [-0.2, -0.15) is 0 Å². The maximum absolute atomic E-state index is 12.3. The molecule has 5 nitrogen and oxygen atoms in total.